The Morgan fingerprint density at radius 3 is 3.31 bits per heavy atom. The summed E-state index contributed by atoms with van der Waals surface area (Å²) in [4.78, 5) is 4.30. The molecular formula is C10H7N3. The molecule has 62 valence electrons. The smallest absolute Gasteiger partial charge is 0.0791 e. The lowest BCUT2D eigenvalue weighted by molar-refractivity contribution is 0.937. The molecule has 1 aliphatic carbocycles. The molecule has 0 amide bonds. The Labute approximate surface area is 75.5 Å². The molecular weight excluding hydrogens is 162 g/mol. The second kappa shape index (κ2) is 2.36. The van der Waals surface area contributed by atoms with Crippen LogP contribution in [0.1, 0.15) is 11.3 Å². The van der Waals surface area contributed by atoms with E-state index in [1.54, 1.807) is 6.20 Å². The number of allylic oxidation sites excluding steroid dienone is 3. The van der Waals surface area contributed by atoms with Gasteiger partial charge in [0, 0.05) is 18.2 Å². The van der Waals surface area contributed by atoms with Crippen LogP contribution >= 0.6 is 0 Å². The molecule has 0 fully saturated rings. The van der Waals surface area contributed by atoms with Crippen LogP contribution in [0, 0.1) is 0 Å². The highest BCUT2D eigenvalue weighted by molar-refractivity contribution is 6.17. The predicted octanol–water partition coefficient (Wildman–Crippen LogP) is 1.28. The third-order valence-electron chi connectivity index (χ3n) is 2.30. The van der Waals surface area contributed by atoms with Gasteiger partial charge in [-0.15, -0.1) is 0 Å². The maximum absolute atomic E-state index is 4.30. The van der Waals surface area contributed by atoms with Gasteiger partial charge in [-0.05, 0) is 17.7 Å². The highest BCUT2D eigenvalue weighted by Gasteiger charge is 2.19. The minimum atomic E-state index is 0.863. The molecule has 3 heteroatoms. The van der Waals surface area contributed by atoms with E-state index < -0.39 is 0 Å². The SMILES string of the molecule is C1=CC2=CCc3nnccc3C2=N1. The summed E-state index contributed by atoms with van der Waals surface area (Å²) in [6.45, 7) is 0. The summed E-state index contributed by atoms with van der Waals surface area (Å²) >= 11 is 0. The quantitative estimate of drug-likeness (QED) is 0.586. The molecule has 0 saturated carbocycles. The van der Waals surface area contributed by atoms with Gasteiger partial charge in [0.2, 0.25) is 0 Å². The monoisotopic (exact) mass is 169 g/mol. The van der Waals surface area contributed by atoms with Crippen LogP contribution in [0.2, 0.25) is 0 Å². The molecule has 3 nitrogen and oxygen atoms in total. The highest BCUT2D eigenvalue weighted by atomic mass is 15.1. The molecule has 0 saturated heterocycles. The number of aliphatic imine (C=N–C) groups is 1. The van der Waals surface area contributed by atoms with Gasteiger partial charge in [0.1, 0.15) is 0 Å². The van der Waals surface area contributed by atoms with Crippen LogP contribution in [0.25, 0.3) is 0 Å². The van der Waals surface area contributed by atoms with E-state index in [1.807, 2.05) is 18.3 Å². The number of hydrogen-bond donors (Lipinski definition) is 0. The molecule has 2 heterocycles. The standard InChI is InChI=1S/C10H7N3/c1-2-9-8(4-6-12-13-9)10-7(1)3-5-11-10/h1,3-6H,2H2. The molecule has 0 atom stereocenters. The summed E-state index contributed by atoms with van der Waals surface area (Å²) in [6, 6.07) is 1.97. The van der Waals surface area contributed by atoms with Gasteiger partial charge in [-0.25, -0.2) is 0 Å². The molecule has 0 unspecified atom stereocenters. The van der Waals surface area contributed by atoms with Gasteiger partial charge in [-0.3, -0.25) is 4.99 Å². The second-order valence-electron chi connectivity index (χ2n) is 3.05. The number of aromatic nitrogens is 2. The van der Waals surface area contributed by atoms with Crippen LogP contribution in [0.3, 0.4) is 0 Å². The summed E-state index contributed by atoms with van der Waals surface area (Å²) in [5.41, 5.74) is 4.39. The Bertz CT molecular complexity index is 455. The van der Waals surface area contributed by atoms with Gasteiger partial charge in [0.05, 0.1) is 17.6 Å². The normalized spacial score (nSPS) is 17.5. The lowest BCUT2D eigenvalue weighted by Gasteiger charge is -2.12. The van der Waals surface area contributed by atoms with Crippen molar-refractivity contribution >= 4 is 5.71 Å². The van der Waals surface area contributed by atoms with Crippen LogP contribution in [-0.2, 0) is 6.42 Å². The average Bonchev–Trinajstić information content (AvgIpc) is 2.65. The summed E-state index contributed by atoms with van der Waals surface area (Å²) in [6.07, 6.45) is 8.57. The molecule has 13 heavy (non-hydrogen) atoms. The molecule has 0 bridgehead atoms. The van der Waals surface area contributed by atoms with Crippen LogP contribution in [0.5, 0.6) is 0 Å². The van der Waals surface area contributed by atoms with Crippen molar-refractivity contribution in [3.63, 3.8) is 0 Å². The van der Waals surface area contributed by atoms with Crippen molar-refractivity contribution in [1.29, 1.82) is 0 Å². The maximum atomic E-state index is 4.30. The maximum Gasteiger partial charge on any atom is 0.0791 e. The van der Waals surface area contributed by atoms with Crippen molar-refractivity contribution in [2.45, 2.75) is 6.42 Å². The molecule has 1 aromatic rings. The predicted molar refractivity (Wildman–Crippen MR) is 49.5 cm³/mol. The van der Waals surface area contributed by atoms with Gasteiger partial charge in [0.15, 0.2) is 0 Å². The van der Waals surface area contributed by atoms with E-state index in [9.17, 15) is 0 Å². The van der Waals surface area contributed by atoms with Gasteiger partial charge in [-0.2, -0.15) is 10.2 Å². The Hall–Kier alpha value is -1.77. The third-order valence-corrected chi connectivity index (χ3v) is 2.30. The van der Waals surface area contributed by atoms with Crippen molar-refractivity contribution < 1.29 is 0 Å². The summed E-state index contributed by atoms with van der Waals surface area (Å²) in [5, 5.41) is 7.93. The molecule has 0 spiro atoms. The first-order valence-corrected chi connectivity index (χ1v) is 4.21. The van der Waals surface area contributed by atoms with Crippen molar-refractivity contribution in [1.82, 2.24) is 10.2 Å². The highest BCUT2D eigenvalue weighted by Crippen LogP contribution is 2.23. The van der Waals surface area contributed by atoms with Crippen molar-refractivity contribution in [2.75, 3.05) is 0 Å². The fourth-order valence-electron chi connectivity index (χ4n) is 1.67. The summed E-state index contributed by atoms with van der Waals surface area (Å²) < 4.78 is 0. The van der Waals surface area contributed by atoms with Crippen LogP contribution in [-0.4, -0.2) is 15.9 Å². The lowest BCUT2D eigenvalue weighted by Crippen LogP contribution is -2.12. The van der Waals surface area contributed by atoms with E-state index in [4.69, 9.17) is 0 Å². The first-order valence-electron chi connectivity index (χ1n) is 4.21. The van der Waals surface area contributed by atoms with Gasteiger partial charge < -0.3 is 0 Å². The van der Waals surface area contributed by atoms with E-state index in [2.05, 4.69) is 21.3 Å². The lowest BCUT2D eigenvalue weighted by atomic mass is 9.95. The van der Waals surface area contributed by atoms with E-state index >= 15 is 0 Å². The summed E-state index contributed by atoms with van der Waals surface area (Å²) in [7, 11) is 0. The number of rotatable bonds is 0. The molecule has 0 N–H and O–H groups in total. The van der Waals surface area contributed by atoms with Crippen molar-refractivity contribution in [2.24, 2.45) is 4.99 Å². The van der Waals surface area contributed by atoms with Crippen LogP contribution in [0.15, 0.2) is 41.2 Å². The van der Waals surface area contributed by atoms with Crippen molar-refractivity contribution in [3.8, 4) is 0 Å². The van der Waals surface area contributed by atoms with Gasteiger partial charge >= 0.3 is 0 Å². The third kappa shape index (κ3) is 0.869. The molecule has 1 aliphatic heterocycles. The van der Waals surface area contributed by atoms with E-state index in [0.29, 0.717) is 0 Å². The Balaban J connectivity index is 2.25. The fraction of sp³-hybridized carbons (Fsp3) is 0.100. The van der Waals surface area contributed by atoms with Crippen LogP contribution < -0.4 is 0 Å². The van der Waals surface area contributed by atoms with Crippen LogP contribution in [0.4, 0.5) is 0 Å². The summed E-state index contributed by atoms with van der Waals surface area (Å²) in [5.74, 6) is 0. The minimum Gasteiger partial charge on any atom is -0.256 e. The number of nitrogens with zero attached hydrogens (tertiary/aromatic N) is 3. The Morgan fingerprint density at radius 1 is 1.31 bits per heavy atom. The molecule has 0 aromatic carbocycles. The zero-order valence-corrected chi connectivity index (χ0v) is 6.94. The molecule has 2 aliphatic rings. The first kappa shape index (κ1) is 6.71. The molecule has 3 rings (SSSR count). The zero-order chi connectivity index (χ0) is 8.67. The minimum absolute atomic E-state index is 0.863. The fourth-order valence-corrected chi connectivity index (χ4v) is 1.67. The molecule has 1 aromatic heterocycles. The van der Waals surface area contributed by atoms with E-state index in [-0.39, 0.29) is 0 Å². The topological polar surface area (TPSA) is 38.1 Å². The zero-order valence-electron chi connectivity index (χ0n) is 6.94. The largest absolute Gasteiger partial charge is 0.256 e. The van der Waals surface area contributed by atoms with E-state index in [1.165, 1.54) is 5.57 Å². The average molecular weight is 169 g/mol. The van der Waals surface area contributed by atoms with Crippen molar-refractivity contribution in [3.05, 3.63) is 47.4 Å². The Kier molecular flexibility index (Phi) is 1.22. The Morgan fingerprint density at radius 2 is 2.31 bits per heavy atom. The van der Waals surface area contributed by atoms with Gasteiger partial charge in [-0.1, -0.05) is 6.08 Å². The first-order chi connectivity index (χ1) is 6.45. The molecule has 0 radical (unpaired) electrons. The van der Waals surface area contributed by atoms with E-state index in [0.717, 1.165) is 23.4 Å². The van der Waals surface area contributed by atoms with Gasteiger partial charge in [0.25, 0.3) is 0 Å². The second-order valence-corrected chi connectivity index (χ2v) is 3.05. The number of hydrogen-bond acceptors (Lipinski definition) is 3. The number of fused-ring (bicyclic) bond motifs is 3.